The molecule has 0 saturated carbocycles. The molecule has 36 heavy (non-hydrogen) atoms. The molecule has 0 atom stereocenters. The third-order valence-electron chi connectivity index (χ3n) is 6.53. The second kappa shape index (κ2) is 9.06. The van der Waals surface area contributed by atoms with Gasteiger partial charge in [-0.2, -0.15) is 13.2 Å². The minimum atomic E-state index is -4.34. The molecule has 1 nitrogen and oxygen atoms in total. The monoisotopic (exact) mass is 497 g/mol. The largest absolute Gasteiger partial charge is 0.416 e. The Kier molecular flexibility index (Phi) is 6.05. The summed E-state index contributed by atoms with van der Waals surface area (Å²) in [6, 6.07) is 30.7. The van der Waals surface area contributed by atoms with Crippen LogP contribution in [0, 0.1) is 0 Å². The number of benzene rings is 4. The Bertz CT molecular complexity index is 1510. The second-order valence-corrected chi connectivity index (χ2v) is 15.2. The number of hydrogen-bond donors (Lipinski definition) is 0. The van der Waals surface area contributed by atoms with Gasteiger partial charge in [0.15, 0.2) is 0 Å². The third kappa shape index (κ3) is 4.98. The number of aromatic nitrogens is 1. The van der Waals surface area contributed by atoms with Crippen molar-refractivity contribution in [2.24, 2.45) is 0 Å². The Morgan fingerprint density at radius 3 is 1.61 bits per heavy atom. The first-order chi connectivity index (χ1) is 17.1. The van der Waals surface area contributed by atoms with E-state index < -0.39 is 19.8 Å². The lowest BCUT2D eigenvalue weighted by atomic mass is 9.98. The number of alkyl halides is 3. The normalized spacial score (nSPS) is 12.2. The van der Waals surface area contributed by atoms with E-state index in [1.165, 1.54) is 28.4 Å². The molecule has 5 heteroatoms. The zero-order valence-electron chi connectivity index (χ0n) is 20.4. The molecule has 5 rings (SSSR count). The van der Waals surface area contributed by atoms with Gasteiger partial charge in [0.05, 0.1) is 19.3 Å². The lowest BCUT2D eigenvalue weighted by molar-refractivity contribution is -0.137. The summed E-state index contributed by atoms with van der Waals surface area (Å²) in [7, 11) is -1.33. The van der Waals surface area contributed by atoms with E-state index in [4.69, 9.17) is 0 Å². The van der Waals surface area contributed by atoms with Gasteiger partial charge in [-0.25, -0.2) is 0 Å². The van der Waals surface area contributed by atoms with Crippen molar-refractivity contribution in [2.45, 2.75) is 25.8 Å². The highest BCUT2D eigenvalue weighted by atomic mass is 28.3. The molecule has 0 aliphatic heterocycles. The van der Waals surface area contributed by atoms with Gasteiger partial charge in [-0.1, -0.05) is 91.6 Å². The van der Waals surface area contributed by atoms with Gasteiger partial charge in [-0.15, -0.1) is 0 Å². The average molecular weight is 498 g/mol. The lowest BCUT2D eigenvalue weighted by Gasteiger charge is -2.17. The summed E-state index contributed by atoms with van der Waals surface area (Å²) in [5.74, 6) is 0. The standard InChI is InChI=1S/C31H26F3NSi/c1-36(2,3)29-15-10-21(11-16-29)24-6-4-22-5-7-25(19-27(22)18-24)26-12-17-30(35-20-26)23-8-13-28(14-9-23)31(32,33)34/h4-20H,1-3H3. The van der Waals surface area contributed by atoms with Gasteiger partial charge in [-0.05, 0) is 57.8 Å². The predicted octanol–water partition coefficient (Wildman–Crippen LogP) is 8.80. The van der Waals surface area contributed by atoms with Crippen LogP contribution in [0.4, 0.5) is 13.2 Å². The molecule has 1 aromatic heterocycles. The Morgan fingerprint density at radius 1 is 0.556 bits per heavy atom. The molecular formula is C31H26F3NSi. The minimum Gasteiger partial charge on any atom is -0.256 e. The number of halogens is 3. The molecule has 180 valence electrons. The van der Waals surface area contributed by atoms with Crippen LogP contribution in [-0.4, -0.2) is 13.1 Å². The Labute approximate surface area is 210 Å². The number of hydrogen-bond acceptors (Lipinski definition) is 1. The van der Waals surface area contributed by atoms with E-state index in [0.717, 1.165) is 34.0 Å². The van der Waals surface area contributed by atoms with Gasteiger partial charge in [0, 0.05) is 17.3 Å². The van der Waals surface area contributed by atoms with E-state index in [9.17, 15) is 13.2 Å². The van der Waals surface area contributed by atoms with E-state index >= 15 is 0 Å². The molecule has 0 radical (unpaired) electrons. The van der Waals surface area contributed by atoms with Crippen molar-refractivity contribution in [2.75, 3.05) is 0 Å². The summed E-state index contributed by atoms with van der Waals surface area (Å²) >= 11 is 0. The van der Waals surface area contributed by atoms with Crippen molar-refractivity contribution >= 4 is 24.0 Å². The molecule has 4 aromatic carbocycles. The highest BCUT2D eigenvalue weighted by molar-refractivity contribution is 6.88. The number of nitrogens with zero attached hydrogens (tertiary/aromatic N) is 1. The molecule has 0 spiro atoms. The predicted molar refractivity (Wildman–Crippen MR) is 146 cm³/mol. The van der Waals surface area contributed by atoms with E-state index in [1.54, 1.807) is 6.20 Å². The summed E-state index contributed by atoms with van der Waals surface area (Å²) in [6.07, 6.45) is -2.57. The first-order valence-corrected chi connectivity index (χ1v) is 15.4. The first-order valence-electron chi connectivity index (χ1n) is 11.9. The highest BCUT2D eigenvalue weighted by Gasteiger charge is 2.30. The SMILES string of the molecule is C[Si](C)(C)c1ccc(-c2ccc3ccc(-c4ccc(-c5ccc(C(F)(F)F)cc5)nc4)cc3c2)cc1. The molecule has 1 heterocycles. The van der Waals surface area contributed by atoms with Crippen LogP contribution >= 0.6 is 0 Å². The van der Waals surface area contributed by atoms with Gasteiger partial charge >= 0.3 is 6.18 Å². The van der Waals surface area contributed by atoms with E-state index in [2.05, 4.69) is 85.3 Å². The molecule has 0 saturated heterocycles. The molecule has 0 bridgehead atoms. The molecular weight excluding hydrogens is 471 g/mol. The summed E-state index contributed by atoms with van der Waals surface area (Å²) in [5.41, 5.74) is 5.00. The summed E-state index contributed by atoms with van der Waals surface area (Å²) in [6.45, 7) is 7.06. The maximum Gasteiger partial charge on any atom is 0.416 e. The smallest absolute Gasteiger partial charge is 0.256 e. The Hall–Kier alpha value is -3.70. The van der Waals surface area contributed by atoms with Gasteiger partial charge in [0.2, 0.25) is 0 Å². The number of rotatable bonds is 4. The zero-order valence-corrected chi connectivity index (χ0v) is 21.4. The van der Waals surface area contributed by atoms with Crippen molar-refractivity contribution in [3.63, 3.8) is 0 Å². The molecule has 0 N–H and O–H groups in total. The molecule has 0 amide bonds. The third-order valence-corrected chi connectivity index (χ3v) is 8.59. The van der Waals surface area contributed by atoms with Crippen molar-refractivity contribution in [3.8, 4) is 33.5 Å². The zero-order chi connectivity index (χ0) is 25.5. The maximum atomic E-state index is 12.8. The van der Waals surface area contributed by atoms with Crippen LogP contribution in [-0.2, 0) is 6.18 Å². The van der Waals surface area contributed by atoms with E-state index in [-0.39, 0.29) is 0 Å². The van der Waals surface area contributed by atoms with Gasteiger partial charge < -0.3 is 0 Å². The number of fused-ring (bicyclic) bond motifs is 1. The van der Waals surface area contributed by atoms with Crippen LogP contribution in [0.25, 0.3) is 44.3 Å². The summed E-state index contributed by atoms with van der Waals surface area (Å²) in [5, 5.41) is 3.75. The highest BCUT2D eigenvalue weighted by Crippen LogP contribution is 2.32. The fourth-order valence-electron chi connectivity index (χ4n) is 4.33. The van der Waals surface area contributed by atoms with Crippen molar-refractivity contribution in [3.05, 3.63) is 109 Å². The molecule has 5 aromatic rings. The van der Waals surface area contributed by atoms with Crippen LogP contribution in [0.5, 0.6) is 0 Å². The maximum absolute atomic E-state index is 12.8. The lowest BCUT2D eigenvalue weighted by Crippen LogP contribution is -2.37. The minimum absolute atomic E-state index is 0.636. The van der Waals surface area contributed by atoms with Gasteiger partial charge in [0.1, 0.15) is 0 Å². The topological polar surface area (TPSA) is 12.9 Å². The quantitative estimate of drug-likeness (QED) is 0.226. The summed E-state index contributed by atoms with van der Waals surface area (Å²) in [4.78, 5) is 4.51. The van der Waals surface area contributed by atoms with Crippen LogP contribution < -0.4 is 5.19 Å². The molecule has 0 aliphatic carbocycles. The summed E-state index contributed by atoms with van der Waals surface area (Å²) < 4.78 is 38.5. The molecule has 0 aliphatic rings. The van der Waals surface area contributed by atoms with Crippen molar-refractivity contribution in [1.29, 1.82) is 0 Å². The van der Waals surface area contributed by atoms with Crippen molar-refractivity contribution in [1.82, 2.24) is 4.98 Å². The average Bonchev–Trinajstić information content (AvgIpc) is 2.87. The first kappa shape index (κ1) is 24.0. The van der Waals surface area contributed by atoms with E-state index in [0.29, 0.717) is 11.3 Å². The van der Waals surface area contributed by atoms with Crippen LogP contribution in [0.1, 0.15) is 5.56 Å². The molecule has 0 unspecified atom stereocenters. The van der Waals surface area contributed by atoms with E-state index in [1.807, 2.05) is 12.1 Å². The van der Waals surface area contributed by atoms with Gasteiger partial charge in [0.25, 0.3) is 0 Å². The van der Waals surface area contributed by atoms with Crippen LogP contribution in [0.3, 0.4) is 0 Å². The Balaban J connectivity index is 1.42. The van der Waals surface area contributed by atoms with Crippen LogP contribution in [0.15, 0.2) is 103 Å². The fourth-order valence-corrected chi connectivity index (χ4v) is 5.50. The van der Waals surface area contributed by atoms with Crippen LogP contribution in [0.2, 0.25) is 19.6 Å². The van der Waals surface area contributed by atoms with Crippen molar-refractivity contribution < 1.29 is 13.2 Å². The Morgan fingerprint density at radius 2 is 1.08 bits per heavy atom. The second-order valence-electron chi connectivity index (χ2n) is 10.1. The number of pyridine rings is 1. The van der Waals surface area contributed by atoms with Gasteiger partial charge in [-0.3, -0.25) is 4.98 Å². The molecule has 0 fully saturated rings. The fraction of sp³-hybridized carbons (Fsp3) is 0.129.